The summed E-state index contributed by atoms with van der Waals surface area (Å²) in [5, 5.41) is 18.9. The van der Waals surface area contributed by atoms with Crippen LogP contribution in [0.5, 0.6) is 0 Å². The van der Waals surface area contributed by atoms with Crippen molar-refractivity contribution in [1.82, 2.24) is 10.2 Å². The van der Waals surface area contributed by atoms with Crippen LogP contribution in [0.3, 0.4) is 0 Å². The molecular weight excluding hydrogens is 375 g/mol. The molecule has 0 atom stereocenters. The Labute approximate surface area is 163 Å². The molecule has 1 aromatic heterocycles. The van der Waals surface area contributed by atoms with Crippen LogP contribution in [0.2, 0.25) is 0 Å². The molecule has 144 valence electrons. The molecule has 0 aliphatic rings. The van der Waals surface area contributed by atoms with Crippen LogP contribution in [0, 0.1) is 15.9 Å². The molecule has 4 aromatic rings. The van der Waals surface area contributed by atoms with Crippen LogP contribution in [0.15, 0.2) is 65.5 Å². The van der Waals surface area contributed by atoms with Crippen LogP contribution in [0.4, 0.5) is 15.8 Å². The molecule has 0 saturated carbocycles. The van der Waals surface area contributed by atoms with E-state index in [4.69, 9.17) is 5.73 Å². The molecule has 0 aliphatic heterocycles. The van der Waals surface area contributed by atoms with E-state index in [1.54, 1.807) is 30.3 Å². The van der Waals surface area contributed by atoms with Crippen molar-refractivity contribution in [2.45, 2.75) is 6.42 Å². The number of nitrogen functional groups attached to an aromatic ring is 1. The third kappa shape index (κ3) is 3.43. The molecule has 0 amide bonds. The van der Waals surface area contributed by atoms with Gasteiger partial charge in [-0.05, 0) is 29.3 Å². The van der Waals surface area contributed by atoms with E-state index in [1.165, 1.54) is 24.3 Å². The van der Waals surface area contributed by atoms with E-state index in [0.29, 0.717) is 34.0 Å². The molecule has 0 bridgehead atoms. The number of nitrogens with zero attached hydrogens (tertiary/aromatic N) is 2. The summed E-state index contributed by atoms with van der Waals surface area (Å²) in [7, 11) is 0. The van der Waals surface area contributed by atoms with Gasteiger partial charge in [-0.15, -0.1) is 0 Å². The molecule has 0 saturated heterocycles. The molecule has 7 nitrogen and oxygen atoms in total. The summed E-state index contributed by atoms with van der Waals surface area (Å²) >= 11 is 0. The second-order valence-electron chi connectivity index (χ2n) is 6.57. The lowest BCUT2D eigenvalue weighted by Gasteiger charge is -2.09. The van der Waals surface area contributed by atoms with Crippen molar-refractivity contribution in [3.63, 3.8) is 0 Å². The van der Waals surface area contributed by atoms with E-state index in [1.807, 2.05) is 6.07 Å². The number of nitrogens with two attached hydrogens (primary N) is 1. The molecule has 0 fully saturated rings. The first-order chi connectivity index (χ1) is 13.9. The first-order valence-electron chi connectivity index (χ1n) is 8.73. The quantitative estimate of drug-likeness (QED) is 0.312. The molecule has 0 unspecified atom stereocenters. The van der Waals surface area contributed by atoms with E-state index >= 15 is 0 Å². The van der Waals surface area contributed by atoms with Crippen LogP contribution in [-0.4, -0.2) is 15.1 Å². The van der Waals surface area contributed by atoms with Gasteiger partial charge >= 0.3 is 0 Å². The zero-order valence-corrected chi connectivity index (χ0v) is 15.1. The Bertz CT molecular complexity index is 1320. The summed E-state index contributed by atoms with van der Waals surface area (Å²) < 4.78 is 14.8. The molecule has 0 radical (unpaired) electrons. The minimum atomic E-state index is -0.599. The highest BCUT2D eigenvalue weighted by atomic mass is 19.1. The fraction of sp³-hybridized carbons (Fsp3) is 0.0476. The highest BCUT2D eigenvalue weighted by molar-refractivity contribution is 5.83. The Hall–Kier alpha value is -4.07. The molecule has 3 N–H and O–H groups in total. The smallest absolute Gasteiger partial charge is 0.292 e. The number of nitro groups is 1. The Balaban J connectivity index is 1.71. The first kappa shape index (κ1) is 18.3. The molecule has 4 rings (SSSR count). The van der Waals surface area contributed by atoms with E-state index in [2.05, 4.69) is 10.2 Å². The number of rotatable bonds is 4. The number of fused-ring (bicyclic) bond motifs is 1. The SMILES string of the molecule is Nc1ccc(-c2ccc(Cc3n[nH]c(=O)c4ccccc34)cc2F)cc1[N+](=O)[O-]. The largest absolute Gasteiger partial charge is 0.393 e. The van der Waals surface area contributed by atoms with E-state index < -0.39 is 10.7 Å². The van der Waals surface area contributed by atoms with Gasteiger partial charge in [0.1, 0.15) is 11.5 Å². The fourth-order valence-electron chi connectivity index (χ4n) is 3.27. The normalized spacial score (nSPS) is 10.9. The average molecular weight is 390 g/mol. The molecular formula is C21H15FN4O3. The van der Waals surface area contributed by atoms with Gasteiger partial charge in [-0.1, -0.05) is 36.4 Å². The molecule has 3 aromatic carbocycles. The van der Waals surface area contributed by atoms with Gasteiger partial charge in [-0.25, -0.2) is 9.49 Å². The molecule has 0 spiro atoms. The van der Waals surface area contributed by atoms with Crippen molar-refractivity contribution >= 4 is 22.1 Å². The van der Waals surface area contributed by atoms with E-state index in [0.717, 1.165) is 0 Å². The van der Waals surface area contributed by atoms with Crippen LogP contribution in [0.1, 0.15) is 11.3 Å². The number of benzene rings is 3. The summed E-state index contributed by atoms with van der Waals surface area (Å²) in [4.78, 5) is 22.4. The number of halogens is 1. The highest BCUT2D eigenvalue weighted by Crippen LogP contribution is 2.31. The Morgan fingerprint density at radius 1 is 1.07 bits per heavy atom. The number of aromatic nitrogens is 2. The second kappa shape index (κ2) is 7.16. The Morgan fingerprint density at radius 3 is 2.55 bits per heavy atom. The zero-order valence-electron chi connectivity index (χ0n) is 15.1. The zero-order chi connectivity index (χ0) is 20.5. The monoisotopic (exact) mass is 390 g/mol. The number of aromatic amines is 1. The predicted octanol–water partition coefficient (Wildman–Crippen LogP) is 3.81. The average Bonchev–Trinajstić information content (AvgIpc) is 2.71. The lowest BCUT2D eigenvalue weighted by atomic mass is 9.99. The lowest BCUT2D eigenvalue weighted by Crippen LogP contribution is -2.11. The second-order valence-corrected chi connectivity index (χ2v) is 6.57. The number of hydrogen-bond acceptors (Lipinski definition) is 5. The van der Waals surface area contributed by atoms with Crippen LogP contribution in [-0.2, 0) is 6.42 Å². The molecule has 8 heteroatoms. The van der Waals surface area contributed by atoms with Gasteiger partial charge in [0, 0.05) is 23.4 Å². The maximum Gasteiger partial charge on any atom is 0.292 e. The van der Waals surface area contributed by atoms with E-state index in [-0.39, 0.29) is 22.5 Å². The van der Waals surface area contributed by atoms with Crippen LogP contribution < -0.4 is 11.3 Å². The third-order valence-electron chi connectivity index (χ3n) is 4.72. The summed E-state index contributed by atoms with van der Waals surface area (Å²) in [6.45, 7) is 0. The van der Waals surface area contributed by atoms with Crippen molar-refractivity contribution in [2.75, 3.05) is 5.73 Å². The lowest BCUT2D eigenvalue weighted by molar-refractivity contribution is -0.383. The van der Waals surface area contributed by atoms with Gasteiger partial charge in [0.15, 0.2) is 0 Å². The van der Waals surface area contributed by atoms with Crippen molar-refractivity contribution < 1.29 is 9.31 Å². The standard InChI is InChI=1S/C21H15FN4O3/c22-17-9-12(10-19-15-3-1-2-4-16(15)21(27)25-24-19)5-7-14(17)13-6-8-18(23)20(11-13)26(28)29/h1-9,11H,10,23H2,(H,25,27). The molecule has 1 heterocycles. The van der Waals surface area contributed by atoms with Gasteiger partial charge in [-0.3, -0.25) is 14.9 Å². The highest BCUT2D eigenvalue weighted by Gasteiger charge is 2.15. The number of H-pyrrole nitrogens is 1. The summed E-state index contributed by atoms with van der Waals surface area (Å²) in [6, 6.07) is 15.9. The van der Waals surface area contributed by atoms with Gasteiger partial charge in [0.25, 0.3) is 11.2 Å². The minimum Gasteiger partial charge on any atom is -0.393 e. The minimum absolute atomic E-state index is 0.0202. The van der Waals surface area contributed by atoms with Gasteiger partial charge < -0.3 is 5.73 Å². The van der Waals surface area contributed by atoms with Crippen LogP contribution in [0.25, 0.3) is 21.9 Å². The van der Waals surface area contributed by atoms with Gasteiger partial charge in [0.2, 0.25) is 0 Å². The fourth-order valence-corrected chi connectivity index (χ4v) is 3.27. The number of nitrogens with one attached hydrogen (secondary N) is 1. The van der Waals surface area contributed by atoms with Gasteiger partial charge in [-0.2, -0.15) is 5.10 Å². The number of anilines is 1. The third-order valence-corrected chi connectivity index (χ3v) is 4.72. The Kier molecular flexibility index (Phi) is 4.52. The van der Waals surface area contributed by atoms with Crippen molar-refractivity contribution in [3.8, 4) is 11.1 Å². The maximum absolute atomic E-state index is 14.8. The maximum atomic E-state index is 14.8. The Morgan fingerprint density at radius 2 is 1.83 bits per heavy atom. The van der Waals surface area contributed by atoms with Crippen LogP contribution >= 0.6 is 0 Å². The predicted molar refractivity (Wildman–Crippen MR) is 108 cm³/mol. The van der Waals surface area contributed by atoms with Crippen molar-refractivity contribution in [3.05, 3.63) is 98.2 Å². The van der Waals surface area contributed by atoms with Crippen molar-refractivity contribution in [2.24, 2.45) is 0 Å². The summed E-state index contributed by atoms with van der Waals surface area (Å²) in [5.74, 6) is -0.518. The molecule has 0 aliphatic carbocycles. The summed E-state index contributed by atoms with van der Waals surface area (Å²) in [6.07, 6.45) is 0.316. The number of hydrogen-bond donors (Lipinski definition) is 2. The summed E-state index contributed by atoms with van der Waals surface area (Å²) in [5.41, 5.74) is 6.95. The molecule has 29 heavy (non-hydrogen) atoms. The first-order valence-corrected chi connectivity index (χ1v) is 8.73. The van der Waals surface area contributed by atoms with E-state index in [9.17, 15) is 19.3 Å². The number of nitro benzene ring substituents is 1. The van der Waals surface area contributed by atoms with Crippen molar-refractivity contribution in [1.29, 1.82) is 0 Å². The topological polar surface area (TPSA) is 115 Å². The van der Waals surface area contributed by atoms with Gasteiger partial charge in [0.05, 0.1) is 16.0 Å².